The fraction of sp³-hybridized carbons (Fsp3) is 0.500. The predicted molar refractivity (Wildman–Crippen MR) is 75.8 cm³/mol. The second kappa shape index (κ2) is 6.99. The van der Waals surface area contributed by atoms with Gasteiger partial charge in [0.15, 0.2) is 0 Å². The number of rotatable bonds is 6. The quantitative estimate of drug-likeness (QED) is 0.850. The van der Waals surface area contributed by atoms with Crippen LogP contribution in [0, 0.1) is 5.92 Å². The van der Waals surface area contributed by atoms with Crippen LogP contribution in [0.3, 0.4) is 0 Å². The highest BCUT2D eigenvalue weighted by Crippen LogP contribution is 2.32. The van der Waals surface area contributed by atoms with Crippen molar-refractivity contribution in [3.05, 3.63) is 18.2 Å². The highest BCUT2D eigenvalue weighted by Gasteiger charge is 2.21. The van der Waals surface area contributed by atoms with E-state index >= 15 is 0 Å². The maximum atomic E-state index is 12.3. The van der Waals surface area contributed by atoms with Crippen molar-refractivity contribution in [2.75, 3.05) is 32.7 Å². The molecule has 1 aromatic rings. The molecule has 0 aliphatic heterocycles. The first-order valence-corrected chi connectivity index (χ1v) is 6.24. The lowest BCUT2D eigenvalue weighted by Gasteiger charge is -2.23. The van der Waals surface area contributed by atoms with Crippen LogP contribution < -0.4 is 20.1 Å². The van der Waals surface area contributed by atoms with Crippen LogP contribution in [0.5, 0.6) is 11.5 Å². The molecule has 1 amide bonds. The van der Waals surface area contributed by atoms with Crippen LogP contribution in [-0.4, -0.2) is 33.7 Å². The summed E-state index contributed by atoms with van der Waals surface area (Å²) in [6.07, 6.45) is 0.662. The zero-order valence-corrected chi connectivity index (χ0v) is 12.0. The van der Waals surface area contributed by atoms with Gasteiger partial charge in [-0.25, -0.2) is 0 Å². The van der Waals surface area contributed by atoms with Crippen LogP contribution in [0.15, 0.2) is 18.2 Å². The van der Waals surface area contributed by atoms with Crippen molar-refractivity contribution < 1.29 is 14.3 Å². The molecule has 0 bridgehead atoms. The number of nitrogens with zero attached hydrogens (tertiary/aromatic N) is 1. The number of carbonyl (C=O) groups excluding carboxylic acids is 1. The molecule has 0 spiro atoms. The van der Waals surface area contributed by atoms with Gasteiger partial charge in [-0.1, -0.05) is 6.92 Å². The van der Waals surface area contributed by atoms with Crippen molar-refractivity contribution in [3.8, 4) is 11.5 Å². The number of methoxy groups -OCH3 is 2. The molecule has 1 aromatic carbocycles. The zero-order valence-electron chi connectivity index (χ0n) is 12.0. The number of anilines is 1. The largest absolute Gasteiger partial charge is 0.497 e. The lowest BCUT2D eigenvalue weighted by atomic mass is 10.1. The van der Waals surface area contributed by atoms with Crippen LogP contribution in [-0.2, 0) is 4.79 Å². The summed E-state index contributed by atoms with van der Waals surface area (Å²) in [5, 5.41) is 0. The molecular weight excluding hydrogens is 244 g/mol. The minimum atomic E-state index is -0.120. The van der Waals surface area contributed by atoms with Crippen LogP contribution in [0.25, 0.3) is 0 Å². The van der Waals surface area contributed by atoms with Crippen molar-refractivity contribution in [2.45, 2.75) is 13.3 Å². The highest BCUT2D eigenvalue weighted by molar-refractivity contribution is 5.96. The Morgan fingerprint density at radius 2 is 2.05 bits per heavy atom. The number of benzene rings is 1. The van der Waals surface area contributed by atoms with Crippen molar-refractivity contribution in [2.24, 2.45) is 11.7 Å². The smallest absolute Gasteiger partial charge is 0.229 e. The average molecular weight is 266 g/mol. The van der Waals surface area contributed by atoms with Gasteiger partial charge in [-0.3, -0.25) is 4.79 Å². The molecule has 0 radical (unpaired) electrons. The Kier molecular flexibility index (Phi) is 5.63. The van der Waals surface area contributed by atoms with Crippen molar-refractivity contribution in [1.82, 2.24) is 0 Å². The summed E-state index contributed by atoms with van der Waals surface area (Å²) < 4.78 is 10.5. The molecule has 1 rings (SSSR count). The van der Waals surface area contributed by atoms with Crippen LogP contribution in [0.4, 0.5) is 5.69 Å². The van der Waals surface area contributed by atoms with E-state index in [-0.39, 0.29) is 11.8 Å². The molecule has 0 saturated carbocycles. The number of carbonyl (C=O) groups is 1. The van der Waals surface area contributed by atoms with E-state index in [4.69, 9.17) is 15.2 Å². The van der Waals surface area contributed by atoms with E-state index in [2.05, 4.69) is 0 Å². The Morgan fingerprint density at radius 1 is 1.37 bits per heavy atom. The van der Waals surface area contributed by atoms with Crippen molar-refractivity contribution in [3.63, 3.8) is 0 Å². The van der Waals surface area contributed by atoms with Gasteiger partial charge in [-0.15, -0.1) is 0 Å². The van der Waals surface area contributed by atoms with Gasteiger partial charge in [0.2, 0.25) is 5.91 Å². The van der Waals surface area contributed by atoms with E-state index in [1.54, 1.807) is 44.4 Å². The Hall–Kier alpha value is -1.75. The third-order valence-electron chi connectivity index (χ3n) is 3.10. The number of hydrogen-bond acceptors (Lipinski definition) is 4. The van der Waals surface area contributed by atoms with Gasteiger partial charge >= 0.3 is 0 Å². The van der Waals surface area contributed by atoms with E-state index in [1.165, 1.54) is 0 Å². The molecule has 0 aliphatic carbocycles. The Labute approximate surface area is 114 Å². The first-order valence-electron chi connectivity index (χ1n) is 6.24. The fourth-order valence-electron chi connectivity index (χ4n) is 1.88. The second-order valence-electron chi connectivity index (χ2n) is 4.41. The topological polar surface area (TPSA) is 64.8 Å². The summed E-state index contributed by atoms with van der Waals surface area (Å²) >= 11 is 0. The van der Waals surface area contributed by atoms with Crippen LogP contribution in [0.1, 0.15) is 13.3 Å². The normalized spacial score (nSPS) is 11.8. The fourth-order valence-corrected chi connectivity index (χ4v) is 1.88. The molecular formula is C14H22N2O3. The Morgan fingerprint density at radius 3 is 2.58 bits per heavy atom. The third-order valence-corrected chi connectivity index (χ3v) is 3.10. The average Bonchev–Trinajstić information content (AvgIpc) is 2.45. The highest BCUT2D eigenvalue weighted by atomic mass is 16.5. The summed E-state index contributed by atoms with van der Waals surface area (Å²) in [7, 11) is 4.89. The number of amides is 1. The molecule has 5 nitrogen and oxygen atoms in total. The molecule has 0 fully saturated rings. The predicted octanol–water partition coefficient (Wildman–Crippen LogP) is 1.65. The van der Waals surface area contributed by atoms with Gasteiger partial charge in [-0.2, -0.15) is 0 Å². The van der Waals surface area contributed by atoms with Crippen molar-refractivity contribution >= 4 is 11.6 Å². The lowest BCUT2D eigenvalue weighted by Crippen LogP contribution is -2.32. The second-order valence-corrected chi connectivity index (χ2v) is 4.41. The molecule has 1 atom stereocenters. The first-order chi connectivity index (χ1) is 9.04. The molecule has 1 unspecified atom stereocenters. The summed E-state index contributed by atoms with van der Waals surface area (Å²) in [5.41, 5.74) is 6.18. The maximum Gasteiger partial charge on any atom is 0.229 e. The molecule has 0 heterocycles. The summed E-state index contributed by atoms with van der Waals surface area (Å²) in [5.74, 6) is 1.21. The van der Waals surface area contributed by atoms with Gasteiger partial charge in [0.25, 0.3) is 0 Å². The Bertz CT molecular complexity index is 435. The van der Waals surface area contributed by atoms with E-state index in [1.807, 2.05) is 6.92 Å². The Balaban J connectivity index is 3.02. The van der Waals surface area contributed by atoms with Gasteiger partial charge in [-0.05, 0) is 25.1 Å². The summed E-state index contributed by atoms with van der Waals surface area (Å²) in [4.78, 5) is 13.9. The minimum Gasteiger partial charge on any atom is -0.497 e. The monoisotopic (exact) mass is 266 g/mol. The van der Waals surface area contributed by atoms with Gasteiger partial charge in [0.1, 0.15) is 11.5 Å². The molecule has 0 aliphatic rings. The maximum absolute atomic E-state index is 12.3. The van der Waals surface area contributed by atoms with Crippen molar-refractivity contribution in [1.29, 1.82) is 0 Å². The van der Waals surface area contributed by atoms with E-state index in [0.29, 0.717) is 30.2 Å². The number of ether oxygens (including phenoxy) is 2. The molecule has 0 saturated heterocycles. The molecule has 2 N–H and O–H groups in total. The minimum absolute atomic E-state index is 0.0111. The van der Waals surface area contributed by atoms with E-state index in [0.717, 1.165) is 0 Å². The molecule has 106 valence electrons. The SMILES string of the molecule is COc1ccc(OC)c(N(C)C(=O)C(C)CCN)c1. The first kappa shape index (κ1) is 15.3. The lowest BCUT2D eigenvalue weighted by molar-refractivity contribution is -0.121. The molecule has 19 heavy (non-hydrogen) atoms. The third kappa shape index (κ3) is 3.61. The van der Waals surface area contributed by atoms with Gasteiger partial charge in [0.05, 0.1) is 19.9 Å². The number of nitrogens with two attached hydrogens (primary N) is 1. The van der Waals surface area contributed by atoms with Crippen LogP contribution >= 0.6 is 0 Å². The van der Waals surface area contributed by atoms with Crippen LogP contribution in [0.2, 0.25) is 0 Å². The molecule has 0 aromatic heterocycles. The summed E-state index contributed by atoms with van der Waals surface area (Å²) in [6, 6.07) is 5.36. The number of hydrogen-bond donors (Lipinski definition) is 1. The van der Waals surface area contributed by atoms with Gasteiger partial charge < -0.3 is 20.1 Å². The standard InChI is InChI=1S/C14H22N2O3/c1-10(7-8-15)14(17)16(2)12-9-11(18-3)5-6-13(12)19-4/h5-6,9-10H,7-8,15H2,1-4H3. The van der Waals surface area contributed by atoms with E-state index in [9.17, 15) is 4.79 Å². The summed E-state index contributed by atoms with van der Waals surface area (Å²) in [6.45, 7) is 2.37. The van der Waals surface area contributed by atoms with E-state index < -0.39 is 0 Å². The van der Waals surface area contributed by atoms with Gasteiger partial charge in [0, 0.05) is 19.0 Å². The molecule has 5 heteroatoms. The zero-order chi connectivity index (χ0) is 14.4.